The summed E-state index contributed by atoms with van der Waals surface area (Å²) in [5.41, 5.74) is 5.45. The zero-order valence-electron chi connectivity index (χ0n) is 19.9. The molecular weight excluding hydrogens is 483 g/mol. The molecule has 1 fully saturated rings. The van der Waals surface area contributed by atoms with Crippen LogP contribution < -0.4 is 0 Å². The van der Waals surface area contributed by atoms with E-state index in [-0.39, 0.29) is 12.3 Å². The smallest absolute Gasteiger partial charge is 0.282 e. The minimum atomic E-state index is -3.47. The fourth-order valence-corrected chi connectivity index (χ4v) is 6.85. The molecule has 2 aliphatic rings. The minimum absolute atomic E-state index is 0.264. The van der Waals surface area contributed by atoms with Crippen LogP contribution in [0.4, 0.5) is 4.39 Å². The maximum atomic E-state index is 14.1. The van der Waals surface area contributed by atoms with Crippen LogP contribution >= 0.6 is 0 Å². The summed E-state index contributed by atoms with van der Waals surface area (Å²) in [7, 11) is -3.47. The Hall–Kier alpha value is -3.28. The fraction of sp³-hybridized carbons (Fsp3) is 0.360. The number of nitrogens with one attached hydrogen (secondary N) is 2. The molecule has 2 aliphatic heterocycles. The van der Waals surface area contributed by atoms with Gasteiger partial charge in [-0.3, -0.25) is 5.10 Å². The molecule has 36 heavy (non-hydrogen) atoms. The van der Waals surface area contributed by atoms with E-state index in [1.165, 1.54) is 16.4 Å². The van der Waals surface area contributed by atoms with Crippen molar-refractivity contribution in [3.05, 3.63) is 53.1 Å². The van der Waals surface area contributed by atoms with Gasteiger partial charge in [0.05, 0.1) is 23.4 Å². The number of hydrogen-bond acceptors (Lipinski definition) is 5. The Morgan fingerprint density at radius 2 is 1.92 bits per heavy atom. The first-order chi connectivity index (χ1) is 17.3. The van der Waals surface area contributed by atoms with Gasteiger partial charge in [-0.2, -0.15) is 22.1 Å². The molecule has 11 heteroatoms. The van der Waals surface area contributed by atoms with E-state index in [1.54, 1.807) is 4.31 Å². The van der Waals surface area contributed by atoms with E-state index in [9.17, 15) is 17.9 Å². The summed E-state index contributed by atoms with van der Waals surface area (Å²) in [6.07, 6.45) is 3.00. The van der Waals surface area contributed by atoms with Gasteiger partial charge in [0.25, 0.3) is 10.2 Å². The Kier molecular flexibility index (Phi) is 5.58. The standard InChI is InChI=1S/C25H27FN6O3S/c1-2-15-12-23(33)19(26)13-18(15)16-5-6-17-21(11-16)29-30-24(17)25-27-20-7-10-32(14-22(20)28-25)36(34,35)31-8-3-4-9-31/h5-6,11-13,33H,2-4,7-10,14H2,1H3,(H,27,28)(H,29,30). The molecule has 0 radical (unpaired) electrons. The van der Waals surface area contributed by atoms with Crippen molar-refractivity contribution in [2.24, 2.45) is 0 Å². The maximum absolute atomic E-state index is 14.1. The third kappa shape index (κ3) is 3.78. The molecule has 6 rings (SSSR count). The number of H-pyrrole nitrogens is 2. The molecule has 3 N–H and O–H groups in total. The zero-order valence-corrected chi connectivity index (χ0v) is 20.7. The maximum Gasteiger partial charge on any atom is 0.282 e. The van der Waals surface area contributed by atoms with E-state index in [1.807, 2.05) is 25.1 Å². The molecule has 0 amide bonds. The number of rotatable bonds is 5. The van der Waals surface area contributed by atoms with Crippen molar-refractivity contribution in [3.63, 3.8) is 0 Å². The fourth-order valence-electron chi connectivity index (χ4n) is 5.19. The van der Waals surface area contributed by atoms with Gasteiger partial charge in [0, 0.05) is 31.4 Å². The van der Waals surface area contributed by atoms with Gasteiger partial charge in [0.2, 0.25) is 0 Å². The van der Waals surface area contributed by atoms with Gasteiger partial charge in [-0.05, 0) is 60.2 Å². The summed E-state index contributed by atoms with van der Waals surface area (Å²) < 4.78 is 43.2. The van der Waals surface area contributed by atoms with Crippen LogP contribution in [0.25, 0.3) is 33.5 Å². The van der Waals surface area contributed by atoms with E-state index in [0.29, 0.717) is 44.0 Å². The van der Waals surface area contributed by atoms with Crippen LogP contribution in [-0.2, 0) is 29.6 Å². The number of aromatic nitrogens is 4. The van der Waals surface area contributed by atoms with Crippen LogP contribution in [-0.4, -0.2) is 61.9 Å². The Morgan fingerprint density at radius 3 is 2.69 bits per heavy atom. The Morgan fingerprint density at radius 1 is 1.11 bits per heavy atom. The Bertz CT molecular complexity index is 1570. The lowest BCUT2D eigenvalue weighted by molar-refractivity contribution is 0.341. The number of hydrogen-bond donors (Lipinski definition) is 3. The van der Waals surface area contributed by atoms with Gasteiger partial charge in [0.1, 0.15) is 5.69 Å². The number of nitrogens with zero attached hydrogens (tertiary/aromatic N) is 4. The summed E-state index contributed by atoms with van der Waals surface area (Å²) in [4.78, 5) is 8.04. The number of aryl methyl sites for hydroxylation is 1. The minimum Gasteiger partial charge on any atom is -0.505 e. The molecular formula is C25H27FN6O3S. The van der Waals surface area contributed by atoms with Crippen molar-refractivity contribution in [2.45, 2.75) is 39.2 Å². The number of imidazole rings is 1. The lowest BCUT2D eigenvalue weighted by atomic mass is 9.96. The van der Waals surface area contributed by atoms with Crippen molar-refractivity contribution < 1.29 is 17.9 Å². The van der Waals surface area contributed by atoms with Crippen LogP contribution in [0.15, 0.2) is 30.3 Å². The van der Waals surface area contributed by atoms with Gasteiger partial charge in [-0.1, -0.05) is 13.0 Å². The van der Waals surface area contributed by atoms with Gasteiger partial charge in [-0.15, -0.1) is 0 Å². The molecule has 0 unspecified atom stereocenters. The second-order valence-electron chi connectivity index (χ2n) is 9.36. The van der Waals surface area contributed by atoms with Crippen LogP contribution in [0.5, 0.6) is 5.75 Å². The first kappa shape index (κ1) is 23.1. The Labute approximate surface area is 208 Å². The van der Waals surface area contributed by atoms with Gasteiger partial charge in [0.15, 0.2) is 17.4 Å². The molecule has 4 heterocycles. The zero-order chi connectivity index (χ0) is 25.0. The predicted molar refractivity (Wildman–Crippen MR) is 134 cm³/mol. The number of aromatic amines is 2. The first-order valence-corrected chi connectivity index (χ1v) is 13.6. The average Bonchev–Trinajstić information content (AvgIpc) is 3.63. The summed E-state index contributed by atoms with van der Waals surface area (Å²) in [6, 6.07) is 8.55. The van der Waals surface area contributed by atoms with Crippen molar-refractivity contribution in [2.75, 3.05) is 19.6 Å². The van der Waals surface area contributed by atoms with Gasteiger partial charge >= 0.3 is 0 Å². The number of aromatic hydroxyl groups is 1. The lowest BCUT2D eigenvalue weighted by Gasteiger charge is -2.29. The molecule has 0 atom stereocenters. The number of halogens is 1. The molecule has 0 aliphatic carbocycles. The molecule has 1 saturated heterocycles. The van der Waals surface area contributed by atoms with Gasteiger partial charge in [-0.25, -0.2) is 9.37 Å². The monoisotopic (exact) mass is 510 g/mol. The topological polar surface area (TPSA) is 118 Å². The van der Waals surface area contributed by atoms with Crippen molar-refractivity contribution >= 4 is 21.1 Å². The van der Waals surface area contributed by atoms with E-state index < -0.39 is 16.0 Å². The highest BCUT2D eigenvalue weighted by molar-refractivity contribution is 7.86. The first-order valence-electron chi connectivity index (χ1n) is 12.2. The van der Waals surface area contributed by atoms with Crippen molar-refractivity contribution in [1.82, 2.24) is 28.8 Å². The highest BCUT2D eigenvalue weighted by Gasteiger charge is 2.35. The second kappa shape index (κ2) is 8.68. The SMILES string of the molecule is CCc1cc(O)c(F)cc1-c1ccc2c(-c3nc4c([nH]3)CN(S(=O)(=O)N3CCCC3)CC4)n[nH]c2c1. The molecule has 4 aromatic rings. The summed E-state index contributed by atoms with van der Waals surface area (Å²) in [5.74, 6) is -0.423. The molecule has 2 aromatic carbocycles. The summed E-state index contributed by atoms with van der Waals surface area (Å²) in [5, 5.41) is 18.1. The van der Waals surface area contributed by atoms with E-state index >= 15 is 0 Å². The molecule has 2 aromatic heterocycles. The number of fused-ring (bicyclic) bond motifs is 2. The van der Waals surface area contributed by atoms with E-state index in [2.05, 4.69) is 15.2 Å². The molecule has 0 spiro atoms. The largest absolute Gasteiger partial charge is 0.505 e. The van der Waals surface area contributed by atoms with Crippen LogP contribution in [0.2, 0.25) is 0 Å². The summed E-state index contributed by atoms with van der Waals surface area (Å²) in [6.45, 7) is 3.79. The van der Waals surface area contributed by atoms with Crippen LogP contribution in [0.1, 0.15) is 36.7 Å². The van der Waals surface area contributed by atoms with Crippen LogP contribution in [0, 0.1) is 5.82 Å². The van der Waals surface area contributed by atoms with Crippen LogP contribution in [0.3, 0.4) is 0 Å². The molecule has 0 bridgehead atoms. The quantitative estimate of drug-likeness (QED) is 0.378. The third-order valence-corrected chi connectivity index (χ3v) is 9.15. The van der Waals surface area contributed by atoms with Crippen molar-refractivity contribution in [3.8, 4) is 28.4 Å². The molecule has 9 nitrogen and oxygen atoms in total. The molecule has 188 valence electrons. The van der Waals surface area contributed by atoms with E-state index in [4.69, 9.17) is 4.98 Å². The third-order valence-electron chi connectivity index (χ3n) is 7.17. The van der Waals surface area contributed by atoms with Gasteiger partial charge < -0.3 is 10.1 Å². The predicted octanol–water partition coefficient (Wildman–Crippen LogP) is 3.73. The highest BCUT2D eigenvalue weighted by atomic mass is 32.2. The normalized spacial score (nSPS) is 17.2. The number of phenols is 1. The molecule has 0 saturated carbocycles. The highest BCUT2D eigenvalue weighted by Crippen LogP contribution is 2.34. The summed E-state index contributed by atoms with van der Waals surface area (Å²) >= 11 is 0. The number of benzene rings is 2. The number of phenolic OH excluding ortho intramolecular Hbond substituents is 1. The van der Waals surface area contributed by atoms with E-state index in [0.717, 1.165) is 51.8 Å². The Balaban J connectivity index is 1.31. The lowest BCUT2D eigenvalue weighted by Crippen LogP contribution is -2.44. The van der Waals surface area contributed by atoms with Crippen molar-refractivity contribution in [1.29, 1.82) is 0 Å². The second-order valence-corrected chi connectivity index (χ2v) is 11.3. The average molecular weight is 511 g/mol.